The van der Waals surface area contributed by atoms with E-state index < -0.39 is 134 Å². The van der Waals surface area contributed by atoms with Gasteiger partial charge < -0.3 is 34.9 Å². The molecule has 4 aromatic rings. The topological polar surface area (TPSA) is 181 Å². The van der Waals surface area contributed by atoms with Gasteiger partial charge in [0.1, 0.15) is 23.5 Å². The lowest BCUT2D eigenvalue weighted by Gasteiger charge is -2.38. The van der Waals surface area contributed by atoms with E-state index in [9.17, 15) is 59.4 Å². The van der Waals surface area contributed by atoms with Gasteiger partial charge in [0.15, 0.2) is 5.78 Å². The number of alkyl carbamates (subject to hydrolysis) is 1. The maximum absolute atomic E-state index is 15.8. The molecule has 2 aromatic heterocycles. The number of amides is 2. The number of Topliss-reactive ketones (excluding diaryl/α,β-unsaturated/α-hetero) is 1. The minimum absolute atomic E-state index is 0.0690. The fourth-order valence-electron chi connectivity index (χ4n) is 9.63. The SMILES string of the molecule is COC(=O)C[C@H](C(=O)NCN(CCc1c(F)cc(-c2cnn(C(F)F)c2)cc1F)C[C@H](O)[C@@H](CC(=O)[C@@H](NC(=O)OC)C(C)(C)C(F)(F)F)Cc1ccc(C#Cc2ccc(N3CCN(C4CCOC4)CC3)nc2)cc1)C(C)(C)C(F)(F)F. The van der Waals surface area contributed by atoms with Gasteiger partial charge in [-0.2, -0.15) is 40.2 Å². The number of anilines is 1. The van der Waals surface area contributed by atoms with E-state index >= 15 is 8.78 Å². The molecule has 2 saturated heterocycles. The number of hydrogen-bond donors (Lipinski definition) is 3. The maximum atomic E-state index is 15.8. The smallest absolute Gasteiger partial charge is 0.407 e. The molecule has 0 aliphatic carbocycles. The third-order valence-electron chi connectivity index (χ3n) is 15.2. The number of carbonyl (C=O) groups excluding carboxylic acids is 4. The first-order valence-electron chi connectivity index (χ1n) is 26.2. The molecule has 16 nitrogen and oxygen atoms in total. The molecule has 2 aromatic carbocycles. The molecule has 6 rings (SSSR count). The van der Waals surface area contributed by atoms with Crippen LogP contribution >= 0.6 is 0 Å². The molecule has 26 heteroatoms. The Morgan fingerprint density at radius 3 is 2.02 bits per heavy atom. The molecule has 0 saturated carbocycles. The molecular weight excluding hydrogens is 1100 g/mol. The van der Waals surface area contributed by atoms with Gasteiger partial charge in [-0.3, -0.25) is 24.2 Å². The van der Waals surface area contributed by atoms with Gasteiger partial charge in [0, 0.05) is 93.0 Å². The van der Waals surface area contributed by atoms with Crippen molar-refractivity contribution in [1.82, 2.24) is 35.2 Å². The Hall–Kier alpha value is -6.82. The van der Waals surface area contributed by atoms with Crippen LogP contribution in [0, 0.1) is 46.1 Å². The average molecular weight is 1170 g/mol. The summed E-state index contributed by atoms with van der Waals surface area (Å²) in [6.45, 7) is 2.59. The zero-order valence-corrected chi connectivity index (χ0v) is 46.0. The molecule has 2 amide bonds. The van der Waals surface area contributed by atoms with Crippen molar-refractivity contribution in [2.24, 2.45) is 22.7 Å². The summed E-state index contributed by atoms with van der Waals surface area (Å²) in [4.78, 5) is 63.2. The first kappa shape index (κ1) is 64.3. The number of piperazine rings is 1. The third-order valence-corrected chi connectivity index (χ3v) is 15.2. The van der Waals surface area contributed by atoms with Crippen LogP contribution in [-0.2, 0) is 41.4 Å². The van der Waals surface area contributed by atoms with Gasteiger partial charge in [0.25, 0.3) is 0 Å². The first-order chi connectivity index (χ1) is 38.5. The fourth-order valence-corrected chi connectivity index (χ4v) is 9.63. The number of alkyl halides is 8. The maximum Gasteiger partial charge on any atom is 0.407 e. The molecule has 0 radical (unpaired) electrons. The number of ketones is 1. The summed E-state index contributed by atoms with van der Waals surface area (Å²) >= 11 is 0. The van der Waals surface area contributed by atoms with Crippen LogP contribution in [0.4, 0.5) is 54.5 Å². The summed E-state index contributed by atoms with van der Waals surface area (Å²) in [6, 6.07) is 9.96. The highest BCUT2D eigenvalue weighted by atomic mass is 19.4. The van der Waals surface area contributed by atoms with Crippen LogP contribution in [0.15, 0.2) is 67.1 Å². The number of benzene rings is 2. The Kier molecular flexibility index (Phi) is 21.6. The molecule has 3 N–H and O–H groups in total. The number of aliphatic hydroxyl groups excluding tert-OH is 1. The lowest BCUT2D eigenvalue weighted by molar-refractivity contribution is -0.230. The molecule has 2 aliphatic heterocycles. The minimum Gasteiger partial charge on any atom is -0.469 e. The predicted octanol–water partition coefficient (Wildman–Crippen LogP) is 8.11. The van der Waals surface area contributed by atoms with Crippen LogP contribution < -0.4 is 15.5 Å². The molecule has 82 heavy (non-hydrogen) atoms. The number of rotatable bonds is 23. The summed E-state index contributed by atoms with van der Waals surface area (Å²) in [5.41, 5.74) is -5.05. The van der Waals surface area contributed by atoms with Crippen molar-refractivity contribution < 1.29 is 82.4 Å². The number of ether oxygens (including phenoxy) is 3. The molecule has 2 fully saturated rings. The number of carbonyl (C=O) groups is 4. The molecule has 4 heterocycles. The zero-order valence-electron chi connectivity index (χ0n) is 46.0. The molecular formula is C56H66F10N8O8. The molecule has 0 spiro atoms. The average Bonchev–Trinajstić information content (AvgIpc) is 4.26. The Labute approximate surface area is 467 Å². The van der Waals surface area contributed by atoms with E-state index in [-0.39, 0.29) is 22.2 Å². The third kappa shape index (κ3) is 16.5. The van der Waals surface area contributed by atoms with Crippen molar-refractivity contribution in [1.29, 1.82) is 0 Å². The number of hydrogen-bond acceptors (Lipinski definition) is 13. The molecule has 2 aliphatic rings. The predicted molar refractivity (Wildman–Crippen MR) is 279 cm³/mol. The number of aliphatic hydroxyl groups is 1. The van der Waals surface area contributed by atoms with Crippen molar-refractivity contribution in [3.05, 3.63) is 101 Å². The minimum atomic E-state index is -5.09. The normalized spacial score (nSPS) is 17.0. The largest absolute Gasteiger partial charge is 0.469 e. The fraction of sp³-hybridized carbons (Fsp3) is 0.536. The van der Waals surface area contributed by atoms with Gasteiger partial charge in [-0.15, -0.1) is 0 Å². The standard InChI is InChI=1S/C56H66F10N8O8/c1-53(2,55(61,62)63)42(27-48(77)80-5)50(78)68-33-71(17-15-41-43(57)24-37(25-44(41)58)39-29-69-74(30-39)51(59)60)31-46(76)38(26-45(75)49(70-52(79)81-6)54(3,4)56(64,65)66)23-35-10-7-34(8-11-35)9-12-36-13-14-47(67-28-36)73-20-18-72(19-21-73)40-16-22-82-32-40/h7-8,10-11,13-14,24-25,28-30,38,40,42,46,49,51,76H,15-23,26-27,31-33H2,1-6H3,(H,68,78)(H,70,79)/t38-,40?,42-,46+,49-/m1/s1. The Balaban J connectivity index is 1.28. The zero-order chi connectivity index (χ0) is 60.3. The second-order valence-corrected chi connectivity index (χ2v) is 21.4. The number of aromatic nitrogens is 3. The van der Waals surface area contributed by atoms with E-state index in [0.717, 1.165) is 95.3 Å². The van der Waals surface area contributed by atoms with Gasteiger partial charge in [-0.1, -0.05) is 37.8 Å². The highest BCUT2D eigenvalue weighted by Crippen LogP contribution is 2.45. The lowest BCUT2D eigenvalue weighted by atomic mass is 9.75. The van der Waals surface area contributed by atoms with Crippen molar-refractivity contribution in [3.63, 3.8) is 0 Å². The van der Waals surface area contributed by atoms with E-state index in [2.05, 4.69) is 46.5 Å². The highest BCUT2D eigenvalue weighted by Gasteiger charge is 2.56. The molecule has 448 valence electrons. The van der Waals surface area contributed by atoms with Gasteiger partial charge in [0.05, 0.1) is 63.0 Å². The lowest BCUT2D eigenvalue weighted by Crippen LogP contribution is -2.56. The highest BCUT2D eigenvalue weighted by molar-refractivity contribution is 5.88. The quantitative estimate of drug-likeness (QED) is 0.0281. The van der Waals surface area contributed by atoms with Gasteiger partial charge in [-0.25, -0.2) is 23.2 Å². The summed E-state index contributed by atoms with van der Waals surface area (Å²) in [5.74, 6) is -2.60. The van der Waals surface area contributed by atoms with Crippen molar-refractivity contribution in [2.45, 2.75) is 96.9 Å². The number of nitrogens with zero attached hydrogens (tertiary/aromatic N) is 6. The summed E-state index contributed by atoms with van der Waals surface area (Å²) in [7, 11) is 1.77. The van der Waals surface area contributed by atoms with Crippen LogP contribution in [0.5, 0.6) is 0 Å². The van der Waals surface area contributed by atoms with E-state index in [4.69, 9.17) is 4.74 Å². The molecule has 1 unspecified atom stereocenters. The summed E-state index contributed by atoms with van der Waals surface area (Å²) in [6.07, 6.45) is -11.6. The van der Waals surface area contributed by atoms with E-state index in [0.29, 0.717) is 50.4 Å². The first-order valence-corrected chi connectivity index (χ1v) is 26.2. The Bertz CT molecular complexity index is 2860. The van der Waals surface area contributed by atoms with Crippen LogP contribution in [-0.4, -0.2) is 157 Å². The summed E-state index contributed by atoms with van der Waals surface area (Å²) in [5, 5.41) is 19.9. The Morgan fingerprint density at radius 2 is 1.48 bits per heavy atom. The number of esters is 1. The monoisotopic (exact) mass is 1170 g/mol. The van der Waals surface area contributed by atoms with Gasteiger partial charge in [0.2, 0.25) is 5.91 Å². The number of pyridine rings is 1. The molecule has 5 atom stereocenters. The van der Waals surface area contributed by atoms with E-state index in [1.807, 2.05) is 17.4 Å². The molecule has 0 bridgehead atoms. The Morgan fingerprint density at radius 1 is 0.841 bits per heavy atom. The number of nitrogens with one attached hydrogen (secondary N) is 2. The van der Waals surface area contributed by atoms with Gasteiger partial charge >= 0.3 is 31.0 Å². The van der Waals surface area contributed by atoms with Crippen LogP contribution in [0.1, 0.15) is 75.8 Å². The number of halogens is 10. The van der Waals surface area contributed by atoms with E-state index in [1.165, 1.54) is 0 Å². The van der Waals surface area contributed by atoms with E-state index in [1.54, 1.807) is 30.5 Å². The van der Waals surface area contributed by atoms with Gasteiger partial charge in [-0.05, 0) is 86.6 Å². The number of methoxy groups -OCH3 is 2. The summed E-state index contributed by atoms with van der Waals surface area (Å²) < 4.78 is 160. The van der Waals surface area contributed by atoms with Crippen molar-refractivity contribution >= 4 is 29.6 Å². The van der Waals surface area contributed by atoms with Crippen LogP contribution in [0.2, 0.25) is 0 Å². The van der Waals surface area contributed by atoms with Crippen LogP contribution in [0.3, 0.4) is 0 Å². The van der Waals surface area contributed by atoms with Crippen LogP contribution in [0.25, 0.3) is 11.1 Å². The van der Waals surface area contributed by atoms with Crippen molar-refractivity contribution in [2.75, 3.05) is 78.3 Å². The second kappa shape index (κ2) is 27.5. The van der Waals surface area contributed by atoms with Crippen molar-refractivity contribution in [3.8, 4) is 23.0 Å². The second-order valence-electron chi connectivity index (χ2n) is 21.4.